The van der Waals surface area contributed by atoms with Crippen LogP contribution in [0.4, 0.5) is 5.82 Å². The molecule has 14 nitrogen and oxygen atoms in total. The van der Waals surface area contributed by atoms with Crippen LogP contribution in [0, 0.1) is 0 Å². The second-order valence-electron chi connectivity index (χ2n) is 4.86. The molecule has 2 rings (SSSR count). The standard InChI is InChI=1S/C9H15N3O11P2/c10-5-1-2-12(9(14)11-5)8-6(13)7(23-25(18,19)20)4(22-8)3-21-24(15,16)17/h1-2,4,6-8,13H,3H2,(H2,10,11,14)(H2,15,16,17)(H2,18,19,20)/p-4/t4-,6-,7-,8-/m1/s1. The molecule has 1 saturated heterocycles. The van der Waals surface area contributed by atoms with Crippen molar-refractivity contribution in [3.8, 4) is 0 Å². The number of nitrogens with two attached hydrogens (primary N) is 1. The normalized spacial score (nSPS) is 27.6. The van der Waals surface area contributed by atoms with Crippen molar-refractivity contribution in [2.24, 2.45) is 0 Å². The van der Waals surface area contributed by atoms with E-state index in [0.717, 1.165) is 12.3 Å². The van der Waals surface area contributed by atoms with E-state index in [2.05, 4.69) is 14.0 Å². The van der Waals surface area contributed by atoms with Gasteiger partial charge in [0.2, 0.25) is 0 Å². The van der Waals surface area contributed by atoms with Crippen molar-refractivity contribution >= 4 is 21.5 Å². The first-order valence-corrected chi connectivity index (χ1v) is 9.35. The van der Waals surface area contributed by atoms with E-state index in [4.69, 9.17) is 10.5 Å². The molecule has 2 heterocycles. The summed E-state index contributed by atoms with van der Waals surface area (Å²) in [6.07, 6.45) is -6.06. The van der Waals surface area contributed by atoms with Crippen molar-refractivity contribution in [3.05, 3.63) is 22.7 Å². The lowest BCUT2D eigenvalue weighted by Crippen LogP contribution is -2.40. The molecule has 0 radical (unpaired) electrons. The summed E-state index contributed by atoms with van der Waals surface area (Å²) >= 11 is 0. The number of nitrogen functional groups attached to an aromatic ring is 1. The van der Waals surface area contributed by atoms with Gasteiger partial charge in [0.25, 0.3) is 0 Å². The number of phosphoric acid groups is 2. The molecule has 0 aliphatic carbocycles. The molecule has 0 unspecified atom stereocenters. The number of rotatable bonds is 6. The Morgan fingerprint density at radius 3 is 2.48 bits per heavy atom. The highest BCUT2D eigenvalue weighted by atomic mass is 31.2. The van der Waals surface area contributed by atoms with Crippen molar-refractivity contribution in [2.75, 3.05) is 12.3 Å². The van der Waals surface area contributed by atoms with Gasteiger partial charge in [0.15, 0.2) is 6.23 Å². The van der Waals surface area contributed by atoms with Gasteiger partial charge in [-0.05, 0) is 6.07 Å². The molecule has 0 saturated carbocycles. The van der Waals surface area contributed by atoms with Gasteiger partial charge in [0.05, 0.1) is 22.3 Å². The molecule has 1 fully saturated rings. The van der Waals surface area contributed by atoms with E-state index in [9.17, 15) is 38.6 Å². The van der Waals surface area contributed by atoms with Crippen LogP contribution in [0.2, 0.25) is 0 Å². The van der Waals surface area contributed by atoms with Gasteiger partial charge in [0, 0.05) is 6.20 Å². The van der Waals surface area contributed by atoms with Crippen molar-refractivity contribution in [2.45, 2.75) is 24.5 Å². The number of anilines is 1. The van der Waals surface area contributed by atoms with Gasteiger partial charge in [-0.25, -0.2) is 4.79 Å². The second-order valence-corrected chi connectivity index (χ2v) is 7.12. The number of phosphoric ester groups is 2. The first-order chi connectivity index (χ1) is 11.4. The molecule has 142 valence electrons. The van der Waals surface area contributed by atoms with Crippen molar-refractivity contribution in [3.63, 3.8) is 0 Å². The van der Waals surface area contributed by atoms with Crippen LogP contribution < -0.4 is 31.0 Å². The molecule has 1 aromatic rings. The maximum Gasteiger partial charge on any atom is 0.351 e. The quantitative estimate of drug-likeness (QED) is 0.427. The molecule has 0 amide bonds. The van der Waals surface area contributed by atoms with Crippen LogP contribution in [0.25, 0.3) is 0 Å². The number of nitrogens with zero attached hydrogens (tertiary/aromatic N) is 2. The molecule has 0 bridgehead atoms. The Morgan fingerprint density at radius 1 is 1.32 bits per heavy atom. The Balaban J connectivity index is 2.30. The zero-order valence-corrected chi connectivity index (χ0v) is 13.9. The fourth-order valence-electron chi connectivity index (χ4n) is 2.15. The van der Waals surface area contributed by atoms with E-state index in [1.807, 2.05) is 0 Å². The highest BCUT2D eigenvalue weighted by Gasteiger charge is 2.46. The van der Waals surface area contributed by atoms with Gasteiger partial charge in [-0.1, -0.05) is 0 Å². The monoisotopic (exact) mass is 399 g/mol. The Labute approximate surface area is 139 Å². The van der Waals surface area contributed by atoms with Crippen molar-refractivity contribution in [1.29, 1.82) is 0 Å². The van der Waals surface area contributed by atoms with Gasteiger partial charge >= 0.3 is 5.69 Å². The highest BCUT2D eigenvalue weighted by Crippen LogP contribution is 2.39. The Hall–Kier alpha value is -1.18. The number of aliphatic hydroxyl groups is 1. The first kappa shape index (κ1) is 20.1. The Bertz CT molecular complexity index is 772. The lowest BCUT2D eigenvalue weighted by Gasteiger charge is -2.35. The second kappa shape index (κ2) is 7.21. The van der Waals surface area contributed by atoms with Gasteiger partial charge in [-0.15, -0.1) is 0 Å². The van der Waals surface area contributed by atoms with E-state index in [0.29, 0.717) is 4.57 Å². The average Bonchev–Trinajstić information content (AvgIpc) is 2.72. The summed E-state index contributed by atoms with van der Waals surface area (Å²) in [6.45, 7) is -1.06. The van der Waals surface area contributed by atoms with E-state index in [1.165, 1.54) is 0 Å². The largest absolute Gasteiger partial charge is 0.790 e. The fourth-order valence-corrected chi connectivity index (χ4v) is 3.04. The minimum absolute atomic E-state index is 0.149. The fraction of sp³-hybridized carbons (Fsp3) is 0.556. The summed E-state index contributed by atoms with van der Waals surface area (Å²) in [6, 6.07) is 1.16. The lowest BCUT2D eigenvalue weighted by molar-refractivity contribution is -0.347. The molecule has 4 atom stereocenters. The van der Waals surface area contributed by atoms with Gasteiger partial charge in [-0.2, -0.15) is 4.98 Å². The third kappa shape index (κ3) is 5.39. The SMILES string of the molecule is Nc1ccn([C@@H]2O[C@H](COP(=O)([O-])[O-])[C@@H](OP(=O)([O-])[O-])[C@H]2O)c(=O)n1. The lowest BCUT2D eigenvalue weighted by atomic mass is 10.1. The molecule has 0 aromatic carbocycles. The van der Waals surface area contributed by atoms with Crippen LogP contribution in [0.3, 0.4) is 0 Å². The summed E-state index contributed by atoms with van der Waals surface area (Å²) in [7, 11) is -11.1. The van der Waals surface area contributed by atoms with Crippen LogP contribution >= 0.6 is 15.6 Å². The molecule has 1 aliphatic heterocycles. The highest BCUT2D eigenvalue weighted by molar-refractivity contribution is 7.43. The summed E-state index contributed by atoms with van der Waals surface area (Å²) in [5.74, 6) is -0.149. The van der Waals surface area contributed by atoms with Crippen molar-refractivity contribution in [1.82, 2.24) is 9.55 Å². The molecule has 1 aliphatic rings. The van der Waals surface area contributed by atoms with Crippen molar-refractivity contribution < 1.29 is 47.6 Å². The molecule has 1 aromatic heterocycles. The van der Waals surface area contributed by atoms with E-state index in [-0.39, 0.29) is 5.82 Å². The maximum atomic E-state index is 11.8. The molecule has 3 N–H and O–H groups in total. The van der Waals surface area contributed by atoms with Crippen LogP contribution in [-0.2, 0) is 22.9 Å². The number of aromatic nitrogens is 2. The van der Waals surface area contributed by atoms with Gasteiger partial charge in [0.1, 0.15) is 24.1 Å². The van der Waals surface area contributed by atoms with E-state index >= 15 is 0 Å². The molecular weight excluding hydrogens is 388 g/mol. The Morgan fingerprint density at radius 2 is 1.96 bits per heavy atom. The van der Waals surface area contributed by atoms with Crippen LogP contribution in [-0.4, -0.2) is 39.6 Å². The predicted molar refractivity (Wildman–Crippen MR) is 68.9 cm³/mol. The van der Waals surface area contributed by atoms with Gasteiger partial charge < -0.3 is 53.3 Å². The zero-order valence-electron chi connectivity index (χ0n) is 12.1. The zero-order chi connectivity index (χ0) is 19.0. The minimum Gasteiger partial charge on any atom is -0.790 e. The molecule has 25 heavy (non-hydrogen) atoms. The summed E-state index contributed by atoms with van der Waals surface area (Å²) < 4.78 is 35.2. The molecular formula is C9H11N3O11P2-4. The third-order valence-electron chi connectivity index (χ3n) is 3.08. The maximum absolute atomic E-state index is 11.8. The third-order valence-corrected chi connectivity index (χ3v) is 4.05. The molecule has 16 heteroatoms. The molecule has 0 spiro atoms. The van der Waals surface area contributed by atoms with Crippen LogP contribution in [0.1, 0.15) is 6.23 Å². The summed E-state index contributed by atoms with van der Waals surface area (Å²) in [5, 5.41) is 10.1. The summed E-state index contributed by atoms with van der Waals surface area (Å²) in [5.41, 5.74) is 4.31. The van der Waals surface area contributed by atoms with Crippen LogP contribution in [0.15, 0.2) is 17.1 Å². The topological polar surface area (TPSA) is 235 Å². The number of hydrogen-bond acceptors (Lipinski definition) is 13. The average molecular weight is 399 g/mol. The summed E-state index contributed by atoms with van der Waals surface area (Å²) in [4.78, 5) is 57.8. The van der Waals surface area contributed by atoms with Crippen LogP contribution in [0.5, 0.6) is 0 Å². The Kier molecular flexibility index (Phi) is 5.81. The smallest absolute Gasteiger partial charge is 0.351 e. The number of ether oxygens (including phenoxy) is 1. The number of aliphatic hydroxyl groups excluding tert-OH is 1. The predicted octanol–water partition coefficient (Wildman–Crippen LogP) is -4.86. The number of hydrogen-bond donors (Lipinski definition) is 2. The van der Waals surface area contributed by atoms with E-state index in [1.54, 1.807) is 0 Å². The van der Waals surface area contributed by atoms with Gasteiger partial charge in [-0.3, -0.25) is 4.57 Å². The minimum atomic E-state index is -5.64. The first-order valence-electron chi connectivity index (χ1n) is 6.42. The van der Waals surface area contributed by atoms with E-state index < -0.39 is 52.5 Å².